The van der Waals surface area contributed by atoms with Gasteiger partial charge in [0.25, 0.3) is 5.91 Å². The second kappa shape index (κ2) is 9.51. The van der Waals surface area contributed by atoms with Crippen molar-refractivity contribution in [1.82, 2.24) is 4.90 Å². The van der Waals surface area contributed by atoms with Crippen LogP contribution in [0.25, 0.3) is 0 Å². The molecular formula is C23H29N3O2. The van der Waals surface area contributed by atoms with Gasteiger partial charge >= 0.3 is 0 Å². The first-order valence-electron chi connectivity index (χ1n) is 10.1. The van der Waals surface area contributed by atoms with Gasteiger partial charge in [-0.1, -0.05) is 43.2 Å². The molecule has 2 aromatic carbocycles. The van der Waals surface area contributed by atoms with Crippen LogP contribution in [0, 0.1) is 0 Å². The highest BCUT2D eigenvalue weighted by Gasteiger charge is 2.26. The molecule has 0 radical (unpaired) electrons. The van der Waals surface area contributed by atoms with Crippen LogP contribution < -0.4 is 10.6 Å². The summed E-state index contributed by atoms with van der Waals surface area (Å²) in [5, 5.41) is 5.82. The van der Waals surface area contributed by atoms with E-state index in [1.807, 2.05) is 36.4 Å². The number of amides is 2. The number of hydrogen-bond donors (Lipinski definition) is 2. The smallest absolute Gasteiger partial charge is 0.257 e. The number of carbonyl (C=O) groups is 2. The van der Waals surface area contributed by atoms with Crippen LogP contribution in [0.15, 0.2) is 54.6 Å². The minimum Gasteiger partial charge on any atom is -0.324 e. The number of nitrogens with one attached hydrogen (secondary N) is 2. The van der Waals surface area contributed by atoms with Crippen LogP contribution in [0.5, 0.6) is 0 Å². The molecule has 2 amide bonds. The summed E-state index contributed by atoms with van der Waals surface area (Å²) in [6, 6.07) is 17.2. The van der Waals surface area contributed by atoms with Gasteiger partial charge < -0.3 is 10.6 Å². The van der Waals surface area contributed by atoms with Crippen molar-refractivity contribution in [3.05, 3.63) is 60.2 Å². The molecule has 2 aromatic rings. The molecule has 5 heteroatoms. The summed E-state index contributed by atoms with van der Waals surface area (Å²) in [6.45, 7) is 4.61. The van der Waals surface area contributed by atoms with Crippen LogP contribution in [0.1, 0.15) is 49.9 Å². The van der Waals surface area contributed by atoms with Crippen LogP contribution >= 0.6 is 0 Å². The third-order valence-electron chi connectivity index (χ3n) is 5.26. The molecule has 0 aromatic heterocycles. The van der Waals surface area contributed by atoms with Crippen molar-refractivity contribution in [2.45, 2.75) is 51.6 Å². The molecule has 0 unspecified atom stereocenters. The minimum absolute atomic E-state index is 0.0828. The van der Waals surface area contributed by atoms with Gasteiger partial charge in [0.15, 0.2) is 0 Å². The molecule has 0 aliphatic heterocycles. The maximum absolute atomic E-state index is 12.7. The molecule has 0 bridgehead atoms. The first kappa shape index (κ1) is 20.1. The Labute approximate surface area is 167 Å². The third kappa shape index (κ3) is 5.20. The van der Waals surface area contributed by atoms with Crippen LogP contribution in [-0.2, 0) is 4.79 Å². The molecule has 28 heavy (non-hydrogen) atoms. The van der Waals surface area contributed by atoms with E-state index < -0.39 is 0 Å². The lowest BCUT2D eigenvalue weighted by atomic mass is 10.1. The van der Waals surface area contributed by atoms with Gasteiger partial charge in [0.2, 0.25) is 5.91 Å². The summed E-state index contributed by atoms with van der Waals surface area (Å²) >= 11 is 0. The minimum atomic E-state index is -0.237. The van der Waals surface area contributed by atoms with Crippen molar-refractivity contribution in [1.29, 1.82) is 0 Å². The molecule has 3 rings (SSSR count). The highest BCUT2D eigenvalue weighted by atomic mass is 16.2. The number of rotatable bonds is 7. The molecule has 1 aliphatic carbocycles. The van der Waals surface area contributed by atoms with Crippen LogP contribution in [0.2, 0.25) is 0 Å². The Hall–Kier alpha value is -2.66. The Bertz CT molecular complexity index is 799. The molecule has 0 heterocycles. The Balaban J connectivity index is 1.68. The zero-order chi connectivity index (χ0) is 19.9. The molecule has 1 saturated carbocycles. The molecule has 0 atom stereocenters. The zero-order valence-electron chi connectivity index (χ0n) is 16.7. The summed E-state index contributed by atoms with van der Waals surface area (Å²) in [7, 11) is 0. The van der Waals surface area contributed by atoms with Crippen molar-refractivity contribution < 1.29 is 9.59 Å². The summed E-state index contributed by atoms with van der Waals surface area (Å²) in [5.41, 5.74) is 1.72. The van der Waals surface area contributed by atoms with E-state index in [1.165, 1.54) is 12.8 Å². The fourth-order valence-corrected chi connectivity index (χ4v) is 3.83. The van der Waals surface area contributed by atoms with E-state index >= 15 is 0 Å². The number of benzene rings is 2. The average Bonchev–Trinajstić information content (AvgIpc) is 3.21. The molecule has 1 fully saturated rings. The summed E-state index contributed by atoms with van der Waals surface area (Å²) in [4.78, 5) is 27.7. The predicted molar refractivity (Wildman–Crippen MR) is 114 cm³/mol. The van der Waals surface area contributed by atoms with Crippen molar-refractivity contribution in [3.63, 3.8) is 0 Å². The van der Waals surface area contributed by atoms with Crippen molar-refractivity contribution in [2.75, 3.05) is 17.2 Å². The lowest BCUT2D eigenvalue weighted by Crippen LogP contribution is -2.44. The van der Waals surface area contributed by atoms with E-state index in [0.29, 0.717) is 29.9 Å². The first-order chi connectivity index (χ1) is 13.5. The highest BCUT2D eigenvalue weighted by Crippen LogP contribution is 2.25. The zero-order valence-corrected chi connectivity index (χ0v) is 16.7. The Morgan fingerprint density at radius 3 is 2.29 bits per heavy atom. The molecule has 1 aliphatic rings. The van der Waals surface area contributed by atoms with E-state index in [2.05, 4.69) is 29.4 Å². The monoisotopic (exact) mass is 379 g/mol. The van der Waals surface area contributed by atoms with Crippen LogP contribution in [-0.4, -0.2) is 35.3 Å². The Kier molecular flexibility index (Phi) is 6.82. The summed E-state index contributed by atoms with van der Waals surface area (Å²) < 4.78 is 0. The number of carbonyl (C=O) groups excluding carboxylic acids is 2. The fourth-order valence-electron chi connectivity index (χ4n) is 3.83. The topological polar surface area (TPSA) is 61.4 Å². The Morgan fingerprint density at radius 2 is 1.61 bits per heavy atom. The number of para-hydroxylation sites is 2. The molecule has 0 spiro atoms. The number of anilines is 2. The normalized spacial score (nSPS) is 14.4. The van der Waals surface area contributed by atoms with Crippen molar-refractivity contribution >= 4 is 23.2 Å². The molecule has 148 valence electrons. The molecule has 2 N–H and O–H groups in total. The van der Waals surface area contributed by atoms with E-state index in [4.69, 9.17) is 0 Å². The van der Waals surface area contributed by atoms with Gasteiger partial charge in [0.05, 0.1) is 17.8 Å². The van der Waals surface area contributed by atoms with E-state index in [-0.39, 0.29) is 11.8 Å². The van der Waals surface area contributed by atoms with Crippen molar-refractivity contribution in [3.8, 4) is 0 Å². The lowest BCUT2D eigenvalue weighted by Gasteiger charge is -2.31. The maximum atomic E-state index is 12.7. The second-order valence-corrected chi connectivity index (χ2v) is 7.62. The van der Waals surface area contributed by atoms with E-state index in [9.17, 15) is 9.59 Å². The quantitative estimate of drug-likeness (QED) is 0.743. The number of hydrogen-bond acceptors (Lipinski definition) is 3. The lowest BCUT2D eigenvalue weighted by molar-refractivity contribution is -0.118. The SMILES string of the molecule is CC(C)N(CC(=O)Nc1ccccc1C(=O)Nc1ccccc1)C1CCCC1. The van der Waals surface area contributed by atoms with Gasteiger partial charge in [0.1, 0.15) is 0 Å². The largest absolute Gasteiger partial charge is 0.324 e. The second-order valence-electron chi connectivity index (χ2n) is 7.62. The van der Waals surface area contributed by atoms with Crippen molar-refractivity contribution in [2.24, 2.45) is 0 Å². The number of nitrogens with zero attached hydrogens (tertiary/aromatic N) is 1. The Morgan fingerprint density at radius 1 is 0.964 bits per heavy atom. The summed E-state index contributed by atoms with van der Waals surface area (Å²) in [6.07, 6.45) is 4.78. The van der Waals surface area contributed by atoms with Gasteiger partial charge in [-0.3, -0.25) is 14.5 Å². The molecule has 5 nitrogen and oxygen atoms in total. The summed E-state index contributed by atoms with van der Waals surface area (Å²) in [5.74, 6) is -0.320. The average molecular weight is 380 g/mol. The fraction of sp³-hybridized carbons (Fsp3) is 0.391. The van der Waals surface area contributed by atoms with Gasteiger partial charge in [0, 0.05) is 17.8 Å². The molecular weight excluding hydrogens is 350 g/mol. The molecule has 0 saturated heterocycles. The first-order valence-corrected chi connectivity index (χ1v) is 10.1. The highest BCUT2D eigenvalue weighted by molar-refractivity contribution is 6.10. The standard InChI is InChI=1S/C23H29N3O2/c1-17(2)26(19-12-6-7-13-19)16-22(27)25-21-15-9-8-14-20(21)23(28)24-18-10-4-3-5-11-18/h3-5,8-11,14-15,17,19H,6-7,12-13,16H2,1-2H3,(H,24,28)(H,25,27). The van der Waals surface area contributed by atoms with E-state index in [1.54, 1.807) is 18.2 Å². The van der Waals surface area contributed by atoms with Crippen LogP contribution in [0.3, 0.4) is 0 Å². The third-order valence-corrected chi connectivity index (χ3v) is 5.26. The predicted octanol–water partition coefficient (Wildman–Crippen LogP) is 4.53. The van der Waals surface area contributed by atoms with Gasteiger partial charge in [-0.25, -0.2) is 0 Å². The maximum Gasteiger partial charge on any atom is 0.257 e. The van der Waals surface area contributed by atoms with Gasteiger partial charge in [-0.15, -0.1) is 0 Å². The van der Waals surface area contributed by atoms with E-state index in [0.717, 1.165) is 18.5 Å². The van der Waals surface area contributed by atoms with Gasteiger partial charge in [-0.05, 0) is 51.0 Å². The van der Waals surface area contributed by atoms with Gasteiger partial charge in [-0.2, -0.15) is 0 Å². The van der Waals surface area contributed by atoms with Crippen LogP contribution in [0.4, 0.5) is 11.4 Å².